The van der Waals surface area contributed by atoms with E-state index in [1.54, 1.807) is 24.1 Å². The van der Waals surface area contributed by atoms with Gasteiger partial charge in [0.2, 0.25) is 0 Å². The lowest BCUT2D eigenvalue weighted by Gasteiger charge is -2.19. The Morgan fingerprint density at radius 3 is 2.67 bits per heavy atom. The van der Waals surface area contributed by atoms with Crippen LogP contribution in [-0.2, 0) is 6.54 Å². The third-order valence-electron chi connectivity index (χ3n) is 6.20. The molecule has 0 atom stereocenters. The SMILES string of the molecule is COc1cc(N2Cc3ccc(-c4cccc(F)c4)nc3C2=O)ccc1OCCN1CCCC1. The van der Waals surface area contributed by atoms with Crippen LogP contribution in [0.1, 0.15) is 28.9 Å². The number of aromatic nitrogens is 1. The van der Waals surface area contributed by atoms with Crippen molar-refractivity contribution in [3.8, 4) is 22.8 Å². The van der Waals surface area contributed by atoms with E-state index in [4.69, 9.17) is 9.47 Å². The molecule has 1 amide bonds. The van der Waals surface area contributed by atoms with E-state index in [9.17, 15) is 9.18 Å². The van der Waals surface area contributed by atoms with Gasteiger partial charge in [-0.15, -0.1) is 0 Å². The molecule has 0 bridgehead atoms. The number of carbonyl (C=O) groups is 1. The van der Waals surface area contributed by atoms with Crippen LogP contribution in [0.3, 0.4) is 0 Å². The summed E-state index contributed by atoms with van der Waals surface area (Å²) in [6.07, 6.45) is 2.51. The number of likely N-dealkylation sites (tertiary alicyclic amines) is 1. The maximum absolute atomic E-state index is 13.6. The van der Waals surface area contributed by atoms with Gasteiger partial charge in [-0.25, -0.2) is 9.37 Å². The van der Waals surface area contributed by atoms with Gasteiger partial charge in [-0.3, -0.25) is 9.69 Å². The second-order valence-corrected chi connectivity index (χ2v) is 8.34. The number of benzene rings is 2. The Bertz CT molecular complexity index is 1180. The van der Waals surface area contributed by atoms with E-state index in [1.807, 2.05) is 30.3 Å². The van der Waals surface area contributed by atoms with Gasteiger partial charge < -0.3 is 14.4 Å². The number of carbonyl (C=O) groups excluding carboxylic acids is 1. The highest BCUT2D eigenvalue weighted by molar-refractivity contribution is 6.09. The Morgan fingerprint density at radius 1 is 1.03 bits per heavy atom. The van der Waals surface area contributed by atoms with Gasteiger partial charge >= 0.3 is 0 Å². The number of pyridine rings is 1. The van der Waals surface area contributed by atoms with E-state index in [1.165, 1.54) is 25.0 Å². The predicted octanol–water partition coefficient (Wildman–Crippen LogP) is 4.53. The van der Waals surface area contributed by atoms with Gasteiger partial charge in [0.05, 0.1) is 19.3 Å². The molecule has 5 rings (SSSR count). The minimum Gasteiger partial charge on any atom is -0.493 e. The molecule has 2 aromatic carbocycles. The lowest BCUT2D eigenvalue weighted by atomic mass is 10.1. The molecule has 170 valence electrons. The van der Waals surface area contributed by atoms with Gasteiger partial charge in [-0.05, 0) is 56.3 Å². The smallest absolute Gasteiger partial charge is 0.277 e. The molecule has 0 radical (unpaired) electrons. The number of amides is 1. The van der Waals surface area contributed by atoms with Gasteiger partial charge in [0.15, 0.2) is 11.5 Å². The summed E-state index contributed by atoms with van der Waals surface area (Å²) in [6, 6.07) is 15.5. The normalized spacial score (nSPS) is 15.7. The van der Waals surface area contributed by atoms with Gasteiger partial charge in [-0.2, -0.15) is 0 Å². The summed E-state index contributed by atoms with van der Waals surface area (Å²) in [5, 5.41) is 0. The average molecular weight is 448 g/mol. The van der Waals surface area contributed by atoms with Crippen LogP contribution in [0.2, 0.25) is 0 Å². The monoisotopic (exact) mass is 447 g/mol. The molecule has 7 heteroatoms. The lowest BCUT2D eigenvalue weighted by Crippen LogP contribution is -2.25. The molecule has 0 aliphatic carbocycles. The lowest BCUT2D eigenvalue weighted by molar-refractivity contribution is 0.0992. The minimum absolute atomic E-state index is 0.187. The Labute approximate surface area is 192 Å². The molecule has 0 unspecified atom stereocenters. The van der Waals surface area contributed by atoms with Gasteiger partial charge in [0, 0.05) is 29.4 Å². The fraction of sp³-hybridized carbons (Fsp3) is 0.308. The third kappa shape index (κ3) is 4.41. The Morgan fingerprint density at radius 2 is 1.88 bits per heavy atom. The summed E-state index contributed by atoms with van der Waals surface area (Å²) in [5.41, 5.74) is 3.16. The first-order chi connectivity index (χ1) is 16.1. The Hall–Kier alpha value is -3.45. The van der Waals surface area contributed by atoms with Crippen molar-refractivity contribution < 1.29 is 18.7 Å². The van der Waals surface area contributed by atoms with E-state index >= 15 is 0 Å². The zero-order chi connectivity index (χ0) is 22.8. The van der Waals surface area contributed by atoms with Crippen molar-refractivity contribution in [1.29, 1.82) is 0 Å². The maximum Gasteiger partial charge on any atom is 0.277 e. The number of ether oxygens (including phenoxy) is 2. The number of nitrogens with zero attached hydrogens (tertiary/aromatic N) is 3. The molecule has 2 aliphatic heterocycles. The number of hydrogen-bond donors (Lipinski definition) is 0. The summed E-state index contributed by atoms with van der Waals surface area (Å²) in [6.45, 7) is 4.17. The summed E-state index contributed by atoms with van der Waals surface area (Å²) < 4.78 is 25.1. The van der Waals surface area contributed by atoms with Crippen LogP contribution in [-0.4, -0.2) is 49.1 Å². The number of methoxy groups -OCH3 is 1. The van der Waals surface area contributed by atoms with Crippen LogP contribution >= 0.6 is 0 Å². The summed E-state index contributed by atoms with van der Waals surface area (Å²) in [7, 11) is 1.60. The number of hydrogen-bond acceptors (Lipinski definition) is 5. The van der Waals surface area contributed by atoms with Crippen molar-refractivity contribution in [2.45, 2.75) is 19.4 Å². The van der Waals surface area contributed by atoms with Crippen LogP contribution in [0.15, 0.2) is 54.6 Å². The van der Waals surface area contributed by atoms with E-state index < -0.39 is 0 Å². The topological polar surface area (TPSA) is 54.9 Å². The molecule has 2 aliphatic rings. The second kappa shape index (κ2) is 9.19. The zero-order valence-electron chi connectivity index (χ0n) is 18.6. The van der Waals surface area contributed by atoms with Crippen molar-refractivity contribution in [2.24, 2.45) is 0 Å². The van der Waals surface area contributed by atoms with Gasteiger partial charge in [0.25, 0.3) is 5.91 Å². The van der Waals surface area contributed by atoms with E-state index in [0.717, 1.165) is 25.2 Å². The van der Waals surface area contributed by atoms with Crippen LogP contribution in [0, 0.1) is 5.82 Å². The molecular weight excluding hydrogens is 421 g/mol. The number of anilines is 1. The molecule has 1 aromatic heterocycles. The summed E-state index contributed by atoms with van der Waals surface area (Å²) in [5.74, 6) is 0.729. The highest BCUT2D eigenvalue weighted by atomic mass is 19.1. The first kappa shape index (κ1) is 21.4. The number of fused-ring (bicyclic) bond motifs is 1. The molecule has 0 saturated carbocycles. The third-order valence-corrected chi connectivity index (χ3v) is 6.20. The Kier molecular flexibility index (Phi) is 5.96. The zero-order valence-corrected chi connectivity index (χ0v) is 18.6. The second-order valence-electron chi connectivity index (χ2n) is 8.34. The van der Waals surface area contributed by atoms with Gasteiger partial charge in [0.1, 0.15) is 18.1 Å². The minimum atomic E-state index is -0.336. The molecule has 33 heavy (non-hydrogen) atoms. The Balaban J connectivity index is 1.32. The van der Waals surface area contributed by atoms with E-state index in [-0.39, 0.29) is 11.7 Å². The quantitative estimate of drug-likeness (QED) is 0.533. The van der Waals surface area contributed by atoms with Crippen LogP contribution in [0.4, 0.5) is 10.1 Å². The first-order valence-electron chi connectivity index (χ1n) is 11.2. The predicted molar refractivity (Wildman–Crippen MR) is 124 cm³/mol. The fourth-order valence-electron chi connectivity index (χ4n) is 4.42. The molecule has 6 nitrogen and oxygen atoms in total. The summed E-state index contributed by atoms with van der Waals surface area (Å²) in [4.78, 5) is 21.8. The molecule has 1 fully saturated rings. The molecule has 0 spiro atoms. The number of rotatable bonds is 7. The maximum atomic E-state index is 13.6. The highest BCUT2D eigenvalue weighted by Gasteiger charge is 2.31. The van der Waals surface area contributed by atoms with Gasteiger partial charge in [-0.1, -0.05) is 18.2 Å². The van der Waals surface area contributed by atoms with Crippen molar-refractivity contribution in [3.63, 3.8) is 0 Å². The van der Waals surface area contributed by atoms with Crippen molar-refractivity contribution in [2.75, 3.05) is 38.3 Å². The largest absolute Gasteiger partial charge is 0.493 e. The standard InChI is InChI=1S/C26H26FN3O3/c1-32-24-16-21(8-10-23(24)33-14-13-29-11-2-3-12-29)30-17-19-7-9-22(28-25(19)26(30)31)18-5-4-6-20(27)15-18/h4-10,15-16H,2-3,11-14,17H2,1H3. The van der Waals surface area contributed by atoms with Crippen molar-refractivity contribution in [3.05, 3.63) is 71.7 Å². The van der Waals surface area contributed by atoms with Crippen LogP contribution in [0.5, 0.6) is 11.5 Å². The fourth-order valence-corrected chi connectivity index (χ4v) is 4.42. The van der Waals surface area contributed by atoms with E-state index in [0.29, 0.717) is 47.3 Å². The molecule has 0 N–H and O–H groups in total. The first-order valence-corrected chi connectivity index (χ1v) is 11.2. The molecule has 1 saturated heterocycles. The van der Waals surface area contributed by atoms with E-state index in [2.05, 4.69) is 9.88 Å². The van der Waals surface area contributed by atoms with Crippen molar-refractivity contribution in [1.82, 2.24) is 9.88 Å². The molecule has 3 aromatic rings. The number of halogens is 1. The molecule has 3 heterocycles. The highest BCUT2D eigenvalue weighted by Crippen LogP contribution is 2.35. The van der Waals surface area contributed by atoms with Crippen LogP contribution < -0.4 is 14.4 Å². The van der Waals surface area contributed by atoms with Crippen molar-refractivity contribution >= 4 is 11.6 Å². The average Bonchev–Trinajstić information content (AvgIpc) is 3.47. The van der Waals surface area contributed by atoms with Crippen LogP contribution in [0.25, 0.3) is 11.3 Å². The molecular formula is C26H26FN3O3. The summed E-state index contributed by atoms with van der Waals surface area (Å²) >= 11 is 0.